The van der Waals surface area contributed by atoms with Crippen LogP contribution >= 0.6 is 11.6 Å². The molecule has 0 saturated carbocycles. The van der Waals surface area contributed by atoms with Crippen molar-refractivity contribution in [2.45, 2.75) is 24.8 Å². The van der Waals surface area contributed by atoms with Crippen LogP contribution in [-0.4, -0.2) is 35.7 Å². The standard InChI is InChI=1S/C26H22ClFN2O5/c27-15-9-10-21(28)23(13-15)29-25(33)22(11-12-24(31)32)30-26(34)35-14-20-18-7-3-1-5-16(18)17-6-2-4-8-19(17)20/h1-10,13,20,22H,11-12,14H2,(H,29,33)(H,30,34)(H,31,32). The van der Waals surface area contributed by atoms with Crippen molar-refractivity contribution in [1.82, 2.24) is 5.32 Å². The average molecular weight is 497 g/mol. The Morgan fingerprint density at radius 3 is 2.26 bits per heavy atom. The van der Waals surface area contributed by atoms with Crippen molar-refractivity contribution in [1.29, 1.82) is 0 Å². The Morgan fingerprint density at radius 2 is 1.63 bits per heavy atom. The Labute approximate surface area is 205 Å². The number of hydrogen-bond acceptors (Lipinski definition) is 4. The van der Waals surface area contributed by atoms with E-state index in [1.165, 1.54) is 12.1 Å². The van der Waals surface area contributed by atoms with Crippen molar-refractivity contribution in [3.8, 4) is 11.1 Å². The minimum atomic E-state index is -1.26. The van der Waals surface area contributed by atoms with Gasteiger partial charge in [0.05, 0.1) is 5.69 Å². The molecule has 3 aromatic carbocycles. The first-order chi connectivity index (χ1) is 16.8. The fourth-order valence-corrected chi connectivity index (χ4v) is 4.30. The number of aliphatic carboxylic acids is 1. The Morgan fingerprint density at radius 1 is 1.00 bits per heavy atom. The summed E-state index contributed by atoms with van der Waals surface area (Å²) in [7, 11) is 0. The number of hydrogen-bond donors (Lipinski definition) is 3. The summed E-state index contributed by atoms with van der Waals surface area (Å²) in [6.45, 7) is 0.0239. The average Bonchev–Trinajstić information content (AvgIpc) is 3.16. The lowest BCUT2D eigenvalue weighted by Crippen LogP contribution is -2.44. The third-order valence-corrected chi connectivity index (χ3v) is 6.02. The molecule has 3 N–H and O–H groups in total. The number of rotatable bonds is 8. The number of alkyl carbamates (subject to hydrolysis) is 1. The van der Waals surface area contributed by atoms with Crippen LogP contribution in [0.1, 0.15) is 29.9 Å². The van der Waals surface area contributed by atoms with Gasteiger partial charge in [-0.2, -0.15) is 0 Å². The van der Waals surface area contributed by atoms with Gasteiger partial charge in [0.2, 0.25) is 5.91 Å². The minimum absolute atomic E-state index is 0.0239. The van der Waals surface area contributed by atoms with Crippen LogP contribution in [0.15, 0.2) is 66.7 Å². The van der Waals surface area contributed by atoms with Crippen molar-refractivity contribution in [2.24, 2.45) is 0 Å². The van der Waals surface area contributed by atoms with E-state index in [-0.39, 0.29) is 36.1 Å². The number of carboxylic acid groups (broad SMARTS) is 1. The normalized spacial score (nSPS) is 12.9. The van der Waals surface area contributed by atoms with Gasteiger partial charge in [-0.1, -0.05) is 60.1 Å². The molecule has 7 nitrogen and oxygen atoms in total. The van der Waals surface area contributed by atoms with E-state index < -0.39 is 29.8 Å². The van der Waals surface area contributed by atoms with Gasteiger partial charge in [0.1, 0.15) is 18.5 Å². The molecule has 2 amide bonds. The van der Waals surface area contributed by atoms with Crippen LogP contribution in [0.2, 0.25) is 5.02 Å². The van der Waals surface area contributed by atoms with Gasteiger partial charge in [-0.05, 0) is 46.9 Å². The zero-order valence-corrected chi connectivity index (χ0v) is 19.2. The number of ether oxygens (including phenoxy) is 1. The van der Waals surface area contributed by atoms with Gasteiger partial charge in [-0.25, -0.2) is 9.18 Å². The lowest BCUT2D eigenvalue weighted by molar-refractivity contribution is -0.137. The first kappa shape index (κ1) is 24.2. The highest BCUT2D eigenvalue weighted by atomic mass is 35.5. The van der Waals surface area contributed by atoms with Crippen LogP contribution in [0.4, 0.5) is 14.9 Å². The van der Waals surface area contributed by atoms with Gasteiger partial charge >= 0.3 is 12.1 Å². The molecule has 35 heavy (non-hydrogen) atoms. The lowest BCUT2D eigenvalue weighted by Gasteiger charge is -2.19. The molecular weight excluding hydrogens is 475 g/mol. The molecule has 9 heteroatoms. The maximum Gasteiger partial charge on any atom is 0.407 e. The monoisotopic (exact) mass is 496 g/mol. The quantitative estimate of drug-likeness (QED) is 0.398. The van der Waals surface area contributed by atoms with Crippen molar-refractivity contribution in [3.05, 3.63) is 88.7 Å². The number of fused-ring (bicyclic) bond motifs is 3. The number of amides is 2. The predicted octanol–water partition coefficient (Wildman–Crippen LogP) is 5.19. The predicted molar refractivity (Wildman–Crippen MR) is 129 cm³/mol. The topological polar surface area (TPSA) is 105 Å². The summed E-state index contributed by atoms with van der Waals surface area (Å²) in [5, 5.41) is 14.0. The second-order valence-corrected chi connectivity index (χ2v) is 8.50. The lowest BCUT2D eigenvalue weighted by atomic mass is 9.98. The van der Waals surface area contributed by atoms with E-state index in [9.17, 15) is 18.8 Å². The van der Waals surface area contributed by atoms with Crippen LogP contribution in [0, 0.1) is 5.82 Å². The number of carbonyl (C=O) groups excluding carboxylic acids is 2. The van der Waals surface area contributed by atoms with E-state index in [1.54, 1.807) is 0 Å². The van der Waals surface area contributed by atoms with Gasteiger partial charge in [-0.3, -0.25) is 9.59 Å². The number of halogens is 2. The van der Waals surface area contributed by atoms with E-state index >= 15 is 0 Å². The molecule has 0 spiro atoms. The Hall–Kier alpha value is -3.91. The number of anilines is 1. The summed E-state index contributed by atoms with van der Waals surface area (Å²) < 4.78 is 19.5. The molecule has 0 aliphatic heterocycles. The minimum Gasteiger partial charge on any atom is -0.481 e. The molecule has 1 aliphatic carbocycles. The maximum atomic E-state index is 14.0. The zero-order chi connectivity index (χ0) is 24.9. The first-order valence-corrected chi connectivity index (χ1v) is 11.3. The first-order valence-electron chi connectivity index (χ1n) is 10.9. The summed E-state index contributed by atoms with van der Waals surface area (Å²) in [5.41, 5.74) is 4.01. The SMILES string of the molecule is O=C(O)CCC(NC(=O)OCC1c2ccccc2-c2ccccc21)C(=O)Nc1cc(Cl)ccc1F. The smallest absolute Gasteiger partial charge is 0.407 e. The number of benzene rings is 3. The van der Waals surface area contributed by atoms with E-state index in [0.29, 0.717) is 0 Å². The molecule has 4 rings (SSSR count). The molecule has 3 aromatic rings. The van der Waals surface area contributed by atoms with Gasteiger partial charge in [-0.15, -0.1) is 0 Å². The summed E-state index contributed by atoms with van der Waals surface area (Å²) in [6, 6.07) is 18.1. The maximum absolute atomic E-state index is 14.0. The highest BCUT2D eigenvalue weighted by Gasteiger charge is 2.30. The largest absolute Gasteiger partial charge is 0.481 e. The third kappa shape index (κ3) is 5.60. The molecule has 0 bridgehead atoms. The highest BCUT2D eigenvalue weighted by Crippen LogP contribution is 2.44. The molecule has 0 aromatic heterocycles. The van der Waals surface area contributed by atoms with Crippen LogP contribution in [0.5, 0.6) is 0 Å². The zero-order valence-electron chi connectivity index (χ0n) is 18.5. The van der Waals surface area contributed by atoms with Crippen LogP contribution in [0.3, 0.4) is 0 Å². The van der Waals surface area contributed by atoms with Crippen molar-refractivity contribution in [3.63, 3.8) is 0 Å². The van der Waals surface area contributed by atoms with Crippen LogP contribution < -0.4 is 10.6 Å². The number of carbonyl (C=O) groups is 3. The second-order valence-electron chi connectivity index (χ2n) is 8.07. The molecule has 1 atom stereocenters. The van der Waals surface area contributed by atoms with Crippen molar-refractivity contribution in [2.75, 3.05) is 11.9 Å². The Bertz CT molecular complexity index is 1240. The summed E-state index contributed by atoms with van der Waals surface area (Å²) in [5.74, 6) is -2.84. The molecule has 180 valence electrons. The molecule has 1 unspecified atom stereocenters. The molecule has 0 heterocycles. The van der Waals surface area contributed by atoms with E-state index in [1.807, 2.05) is 48.5 Å². The Balaban J connectivity index is 1.44. The number of carboxylic acids is 1. The van der Waals surface area contributed by atoms with E-state index in [2.05, 4.69) is 10.6 Å². The fraction of sp³-hybridized carbons (Fsp3) is 0.192. The molecule has 0 saturated heterocycles. The summed E-state index contributed by atoms with van der Waals surface area (Å²) in [6.07, 6.45) is -1.49. The van der Waals surface area contributed by atoms with Crippen molar-refractivity contribution < 1.29 is 28.6 Å². The van der Waals surface area contributed by atoms with Crippen LogP contribution in [0.25, 0.3) is 11.1 Å². The molecular formula is C26H22ClFN2O5. The molecule has 0 fully saturated rings. The fourth-order valence-electron chi connectivity index (χ4n) is 4.13. The molecule has 1 aliphatic rings. The van der Waals surface area contributed by atoms with Crippen LogP contribution in [-0.2, 0) is 14.3 Å². The van der Waals surface area contributed by atoms with E-state index in [4.69, 9.17) is 21.4 Å². The third-order valence-electron chi connectivity index (χ3n) is 5.79. The van der Waals surface area contributed by atoms with Gasteiger partial charge < -0.3 is 20.5 Å². The van der Waals surface area contributed by atoms with E-state index in [0.717, 1.165) is 28.3 Å². The number of nitrogens with one attached hydrogen (secondary N) is 2. The van der Waals surface area contributed by atoms with Gasteiger partial charge in [0.25, 0.3) is 0 Å². The molecule has 0 radical (unpaired) electrons. The van der Waals surface area contributed by atoms with Gasteiger partial charge in [0.15, 0.2) is 0 Å². The summed E-state index contributed by atoms with van der Waals surface area (Å²) >= 11 is 5.86. The van der Waals surface area contributed by atoms with Gasteiger partial charge in [0, 0.05) is 17.4 Å². The Kier molecular flexibility index (Phi) is 7.31. The second kappa shape index (κ2) is 10.6. The van der Waals surface area contributed by atoms with Crippen molar-refractivity contribution >= 4 is 35.3 Å². The summed E-state index contributed by atoms with van der Waals surface area (Å²) in [4.78, 5) is 36.4. The highest BCUT2D eigenvalue weighted by molar-refractivity contribution is 6.30.